The SMILES string of the molecule is O=C(OC(C(=O)Nc1cc(C(F)(F)F)ccc1Cl)c1ccccc1)c1cn(-c2ccccc2)nc1-c1ccccc1. The van der Waals surface area contributed by atoms with Crippen LogP contribution in [0.2, 0.25) is 5.02 Å². The third-order valence-corrected chi connectivity index (χ3v) is 6.45. The molecule has 1 amide bonds. The van der Waals surface area contributed by atoms with Crippen molar-refractivity contribution in [3.8, 4) is 16.9 Å². The number of anilines is 1. The van der Waals surface area contributed by atoms with E-state index in [1.54, 1.807) is 54.6 Å². The summed E-state index contributed by atoms with van der Waals surface area (Å²) >= 11 is 6.09. The zero-order valence-corrected chi connectivity index (χ0v) is 21.9. The molecule has 5 rings (SSSR count). The summed E-state index contributed by atoms with van der Waals surface area (Å²) < 4.78 is 47.1. The molecule has 0 saturated carbocycles. The Morgan fingerprint density at radius 1 is 0.854 bits per heavy atom. The fourth-order valence-corrected chi connectivity index (χ4v) is 4.28. The van der Waals surface area contributed by atoms with E-state index in [1.165, 1.54) is 10.9 Å². The highest BCUT2D eigenvalue weighted by Gasteiger charge is 2.33. The molecule has 1 unspecified atom stereocenters. The largest absolute Gasteiger partial charge is 0.444 e. The molecule has 0 fully saturated rings. The van der Waals surface area contributed by atoms with Gasteiger partial charge in [-0.25, -0.2) is 9.48 Å². The van der Waals surface area contributed by atoms with Crippen molar-refractivity contribution in [3.05, 3.63) is 137 Å². The van der Waals surface area contributed by atoms with Gasteiger partial charge in [-0.3, -0.25) is 4.79 Å². The quantitative estimate of drug-likeness (QED) is 0.201. The second-order valence-corrected chi connectivity index (χ2v) is 9.32. The van der Waals surface area contributed by atoms with Crippen LogP contribution in [0.15, 0.2) is 115 Å². The molecule has 4 aromatic carbocycles. The molecule has 1 atom stereocenters. The Labute approximate surface area is 238 Å². The van der Waals surface area contributed by atoms with Gasteiger partial charge in [0.2, 0.25) is 6.10 Å². The molecule has 0 saturated heterocycles. The molecule has 0 aliphatic carbocycles. The normalized spacial score (nSPS) is 12.0. The average Bonchev–Trinajstić information content (AvgIpc) is 3.43. The number of nitrogens with zero attached hydrogens (tertiary/aromatic N) is 2. The summed E-state index contributed by atoms with van der Waals surface area (Å²) in [5.41, 5.74) is 0.791. The van der Waals surface area contributed by atoms with Crippen molar-refractivity contribution in [2.24, 2.45) is 0 Å². The van der Waals surface area contributed by atoms with Crippen LogP contribution in [0.5, 0.6) is 0 Å². The highest BCUT2D eigenvalue weighted by atomic mass is 35.5. The minimum atomic E-state index is -4.65. The summed E-state index contributed by atoms with van der Waals surface area (Å²) in [5, 5.41) is 6.88. The Bertz CT molecular complexity index is 1680. The van der Waals surface area contributed by atoms with Gasteiger partial charge in [-0.05, 0) is 30.3 Å². The second-order valence-electron chi connectivity index (χ2n) is 8.92. The van der Waals surface area contributed by atoms with Crippen LogP contribution in [0.25, 0.3) is 16.9 Å². The number of carbonyl (C=O) groups is 2. The van der Waals surface area contributed by atoms with Crippen LogP contribution in [-0.4, -0.2) is 21.7 Å². The van der Waals surface area contributed by atoms with Crippen molar-refractivity contribution in [2.75, 3.05) is 5.32 Å². The molecule has 0 aliphatic heterocycles. The zero-order chi connectivity index (χ0) is 29.0. The van der Waals surface area contributed by atoms with Crippen molar-refractivity contribution in [1.29, 1.82) is 0 Å². The first-order chi connectivity index (χ1) is 19.7. The molecule has 0 bridgehead atoms. The van der Waals surface area contributed by atoms with E-state index in [-0.39, 0.29) is 16.3 Å². The standard InChI is InChI=1S/C31H21ClF3N3O3/c32-25-17-16-22(31(33,34)35)18-26(25)36-29(39)28(21-12-6-2-7-13-21)41-30(40)24-19-38(23-14-8-3-9-15-23)37-27(24)20-10-4-1-5-11-20/h1-19,28H,(H,36,39). The van der Waals surface area contributed by atoms with E-state index in [4.69, 9.17) is 16.3 Å². The molecule has 0 radical (unpaired) electrons. The third kappa shape index (κ3) is 6.31. The maximum atomic E-state index is 13.6. The lowest BCUT2D eigenvalue weighted by atomic mass is 10.1. The average molecular weight is 576 g/mol. The minimum absolute atomic E-state index is 0.0888. The van der Waals surface area contributed by atoms with Crippen LogP contribution in [0.1, 0.15) is 27.6 Å². The zero-order valence-electron chi connectivity index (χ0n) is 21.2. The molecule has 5 aromatic rings. The Morgan fingerprint density at radius 2 is 1.46 bits per heavy atom. The molecule has 0 aliphatic rings. The number of rotatable bonds is 7. The van der Waals surface area contributed by atoms with Gasteiger partial charge in [0.1, 0.15) is 11.3 Å². The molecular formula is C31H21ClF3N3O3. The number of hydrogen-bond acceptors (Lipinski definition) is 4. The number of ether oxygens (including phenoxy) is 1. The van der Waals surface area contributed by atoms with E-state index in [0.717, 1.165) is 18.2 Å². The Hall–Kier alpha value is -4.89. The summed E-state index contributed by atoms with van der Waals surface area (Å²) in [6.45, 7) is 0. The monoisotopic (exact) mass is 575 g/mol. The van der Waals surface area contributed by atoms with Gasteiger partial charge in [-0.15, -0.1) is 0 Å². The predicted octanol–water partition coefficient (Wildman–Crippen LogP) is 7.75. The van der Waals surface area contributed by atoms with Gasteiger partial charge in [0.05, 0.1) is 22.0 Å². The second kappa shape index (κ2) is 11.7. The van der Waals surface area contributed by atoms with E-state index < -0.39 is 29.7 Å². The van der Waals surface area contributed by atoms with Crippen molar-refractivity contribution < 1.29 is 27.5 Å². The number of alkyl halides is 3. The van der Waals surface area contributed by atoms with Crippen molar-refractivity contribution >= 4 is 29.2 Å². The van der Waals surface area contributed by atoms with Gasteiger partial charge < -0.3 is 10.1 Å². The van der Waals surface area contributed by atoms with Crippen LogP contribution in [-0.2, 0) is 15.7 Å². The third-order valence-electron chi connectivity index (χ3n) is 6.12. The van der Waals surface area contributed by atoms with Crippen LogP contribution >= 0.6 is 11.6 Å². The van der Waals surface area contributed by atoms with Crippen molar-refractivity contribution in [3.63, 3.8) is 0 Å². The number of carbonyl (C=O) groups excluding carboxylic acids is 2. The molecule has 1 heterocycles. The summed E-state index contributed by atoms with van der Waals surface area (Å²) in [4.78, 5) is 27.1. The lowest BCUT2D eigenvalue weighted by molar-refractivity contribution is -0.137. The maximum Gasteiger partial charge on any atom is 0.416 e. The number of amides is 1. The predicted molar refractivity (Wildman–Crippen MR) is 149 cm³/mol. The number of benzene rings is 4. The summed E-state index contributed by atoms with van der Waals surface area (Å²) in [7, 11) is 0. The summed E-state index contributed by atoms with van der Waals surface area (Å²) in [6.07, 6.45) is -4.66. The smallest absolute Gasteiger partial charge is 0.416 e. The lowest BCUT2D eigenvalue weighted by Crippen LogP contribution is -2.26. The first-order valence-electron chi connectivity index (χ1n) is 12.3. The van der Waals surface area contributed by atoms with Crippen LogP contribution in [0.4, 0.5) is 18.9 Å². The topological polar surface area (TPSA) is 73.2 Å². The highest BCUT2D eigenvalue weighted by Crippen LogP contribution is 2.35. The number of para-hydroxylation sites is 1. The first kappa shape index (κ1) is 27.7. The fraction of sp³-hybridized carbons (Fsp3) is 0.0645. The minimum Gasteiger partial charge on any atom is -0.444 e. The summed E-state index contributed by atoms with van der Waals surface area (Å²) in [5.74, 6) is -1.74. The lowest BCUT2D eigenvalue weighted by Gasteiger charge is -2.19. The molecule has 1 aromatic heterocycles. The number of nitrogens with one attached hydrogen (secondary N) is 1. The van der Waals surface area contributed by atoms with Crippen LogP contribution in [0, 0.1) is 0 Å². The van der Waals surface area contributed by atoms with Crippen LogP contribution < -0.4 is 5.32 Å². The maximum absolute atomic E-state index is 13.6. The van der Waals surface area contributed by atoms with Gasteiger partial charge in [0.15, 0.2) is 0 Å². The van der Waals surface area contributed by atoms with Crippen molar-refractivity contribution in [1.82, 2.24) is 9.78 Å². The molecule has 1 N–H and O–H groups in total. The molecule has 0 spiro atoms. The Balaban J connectivity index is 1.50. The number of halogens is 4. The molecule has 6 nitrogen and oxygen atoms in total. The number of hydrogen-bond donors (Lipinski definition) is 1. The van der Waals surface area contributed by atoms with Crippen molar-refractivity contribution in [2.45, 2.75) is 12.3 Å². The van der Waals surface area contributed by atoms with Gasteiger partial charge in [0, 0.05) is 17.3 Å². The van der Waals surface area contributed by atoms with Gasteiger partial charge in [-0.2, -0.15) is 18.3 Å². The number of aromatic nitrogens is 2. The number of esters is 1. The van der Waals surface area contributed by atoms with E-state index in [9.17, 15) is 22.8 Å². The van der Waals surface area contributed by atoms with Gasteiger partial charge in [-0.1, -0.05) is 90.5 Å². The Kier molecular flexibility index (Phi) is 7.89. The molecule has 41 heavy (non-hydrogen) atoms. The summed E-state index contributed by atoms with van der Waals surface area (Å²) in [6, 6.07) is 28.8. The first-order valence-corrected chi connectivity index (χ1v) is 12.7. The molecular weight excluding hydrogens is 555 g/mol. The van der Waals surface area contributed by atoms with E-state index >= 15 is 0 Å². The Morgan fingerprint density at radius 3 is 2.10 bits per heavy atom. The molecule has 206 valence electrons. The highest BCUT2D eigenvalue weighted by molar-refractivity contribution is 6.33. The van der Waals surface area contributed by atoms with E-state index in [2.05, 4.69) is 10.4 Å². The molecule has 10 heteroatoms. The van der Waals surface area contributed by atoms with Crippen LogP contribution in [0.3, 0.4) is 0 Å². The van der Waals surface area contributed by atoms with E-state index in [1.807, 2.05) is 36.4 Å². The fourth-order valence-electron chi connectivity index (χ4n) is 4.11. The van der Waals surface area contributed by atoms with Gasteiger partial charge in [0.25, 0.3) is 5.91 Å². The van der Waals surface area contributed by atoms with E-state index in [0.29, 0.717) is 22.5 Å². The van der Waals surface area contributed by atoms with Gasteiger partial charge >= 0.3 is 12.1 Å².